The Balaban J connectivity index is 2.74. The fraction of sp³-hybridized carbons (Fsp3) is 0.333. The molecule has 0 aliphatic heterocycles. The van der Waals surface area contributed by atoms with Gasteiger partial charge in [-0.1, -0.05) is 13.8 Å². The van der Waals surface area contributed by atoms with Gasteiger partial charge in [0.25, 0.3) is 0 Å². The first-order valence-corrected chi connectivity index (χ1v) is 4.19. The average Bonchev–Trinajstić information content (AvgIpc) is 2.45. The van der Waals surface area contributed by atoms with Crippen LogP contribution >= 0.6 is 0 Å². The van der Waals surface area contributed by atoms with E-state index in [1.165, 1.54) is 4.52 Å². The van der Waals surface area contributed by atoms with Crippen molar-refractivity contribution in [1.82, 2.24) is 14.6 Å². The summed E-state index contributed by atoms with van der Waals surface area (Å²) in [6.07, 6.45) is 1.54. The molecule has 0 aromatic carbocycles. The Morgan fingerprint density at radius 2 is 2.23 bits per heavy atom. The topological polar surface area (TPSA) is 30.2 Å². The molecule has 2 heterocycles. The maximum atomic E-state index is 13.5. The molecule has 0 aliphatic rings. The van der Waals surface area contributed by atoms with Crippen molar-refractivity contribution in [2.75, 3.05) is 0 Å². The summed E-state index contributed by atoms with van der Waals surface area (Å²) in [6, 6.07) is 3.48. The van der Waals surface area contributed by atoms with Crippen molar-refractivity contribution in [2.24, 2.45) is 0 Å². The van der Waals surface area contributed by atoms with Crippen molar-refractivity contribution in [3.63, 3.8) is 0 Å². The number of aromatic nitrogens is 3. The molecule has 0 spiro atoms. The van der Waals surface area contributed by atoms with Gasteiger partial charge in [0.15, 0.2) is 5.65 Å². The summed E-state index contributed by atoms with van der Waals surface area (Å²) >= 11 is 0. The van der Waals surface area contributed by atoms with Crippen molar-refractivity contribution >= 4 is 5.65 Å². The lowest BCUT2D eigenvalue weighted by Crippen LogP contribution is -1.95. The quantitative estimate of drug-likeness (QED) is 0.670. The summed E-state index contributed by atoms with van der Waals surface area (Å²) in [5.74, 6) is -0.271. The van der Waals surface area contributed by atoms with Gasteiger partial charge in [-0.2, -0.15) is 14.0 Å². The van der Waals surface area contributed by atoms with Gasteiger partial charge in [-0.15, -0.1) is 0 Å². The van der Waals surface area contributed by atoms with E-state index < -0.39 is 0 Å². The molecule has 3 nitrogen and oxygen atoms in total. The van der Waals surface area contributed by atoms with Crippen LogP contribution in [0.5, 0.6) is 0 Å². The van der Waals surface area contributed by atoms with Crippen LogP contribution in [0.2, 0.25) is 0 Å². The molecular formula is C9H10FN3. The van der Waals surface area contributed by atoms with Gasteiger partial charge in [-0.3, -0.25) is 0 Å². The van der Waals surface area contributed by atoms with E-state index in [-0.39, 0.29) is 11.9 Å². The van der Waals surface area contributed by atoms with Gasteiger partial charge < -0.3 is 0 Å². The van der Waals surface area contributed by atoms with Gasteiger partial charge in [0.2, 0.25) is 5.95 Å². The minimum atomic E-state index is -0.356. The Morgan fingerprint density at radius 1 is 1.46 bits per heavy atom. The second-order valence-corrected chi connectivity index (χ2v) is 3.24. The maximum absolute atomic E-state index is 13.5. The number of fused-ring (bicyclic) bond motifs is 1. The van der Waals surface area contributed by atoms with E-state index in [1.54, 1.807) is 18.3 Å². The monoisotopic (exact) mass is 179 g/mol. The molecule has 0 saturated carbocycles. The molecule has 0 fully saturated rings. The van der Waals surface area contributed by atoms with Gasteiger partial charge in [0.05, 0.1) is 0 Å². The van der Waals surface area contributed by atoms with Crippen LogP contribution in [-0.4, -0.2) is 14.6 Å². The highest BCUT2D eigenvalue weighted by Gasteiger charge is 2.14. The zero-order valence-corrected chi connectivity index (χ0v) is 7.53. The van der Waals surface area contributed by atoms with E-state index >= 15 is 0 Å². The Kier molecular flexibility index (Phi) is 1.76. The standard InChI is InChI=1S/C9H10FN3/c1-6(2)8-9(10)13-7(12-8)4-3-5-11-13/h3-6H,1-2H3. The molecule has 13 heavy (non-hydrogen) atoms. The molecule has 2 aromatic rings. The number of hydrogen-bond donors (Lipinski definition) is 0. The van der Waals surface area contributed by atoms with Gasteiger partial charge in [0.1, 0.15) is 5.69 Å². The lowest BCUT2D eigenvalue weighted by molar-refractivity contribution is 0.526. The highest BCUT2D eigenvalue weighted by Crippen LogP contribution is 2.17. The SMILES string of the molecule is CC(C)c1nc2cccnn2c1F. The van der Waals surface area contributed by atoms with Crippen LogP contribution in [0.15, 0.2) is 18.3 Å². The Bertz CT molecular complexity index is 433. The molecular weight excluding hydrogens is 169 g/mol. The van der Waals surface area contributed by atoms with Crippen LogP contribution in [0.25, 0.3) is 5.65 Å². The average molecular weight is 179 g/mol. The fourth-order valence-electron chi connectivity index (χ4n) is 1.25. The van der Waals surface area contributed by atoms with Gasteiger partial charge in [0, 0.05) is 12.1 Å². The van der Waals surface area contributed by atoms with Crippen molar-refractivity contribution in [3.05, 3.63) is 30.0 Å². The zero-order chi connectivity index (χ0) is 9.42. The molecule has 0 bridgehead atoms. The zero-order valence-electron chi connectivity index (χ0n) is 7.53. The molecule has 2 rings (SSSR count). The van der Waals surface area contributed by atoms with E-state index in [0.29, 0.717) is 11.3 Å². The summed E-state index contributed by atoms with van der Waals surface area (Å²) in [5.41, 5.74) is 1.03. The molecule has 68 valence electrons. The minimum Gasteiger partial charge on any atom is -0.229 e. The van der Waals surface area contributed by atoms with Crippen molar-refractivity contribution in [1.29, 1.82) is 0 Å². The molecule has 0 radical (unpaired) electrons. The molecule has 0 atom stereocenters. The first kappa shape index (κ1) is 8.16. The summed E-state index contributed by atoms with van der Waals surface area (Å²) in [6.45, 7) is 3.82. The first-order valence-electron chi connectivity index (χ1n) is 4.19. The predicted octanol–water partition coefficient (Wildman–Crippen LogP) is 1.99. The van der Waals surface area contributed by atoms with Crippen LogP contribution in [0.3, 0.4) is 0 Å². The molecule has 0 N–H and O–H groups in total. The molecule has 0 unspecified atom stereocenters. The van der Waals surface area contributed by atoms with E-state index in [2.05, 4.69) is 10.1 Å². The Labute approximate surface area is 75.2 Å². The van der Waals surface area contributed by atoms with E-state index in [9.17, 15) is 4.39 Å². The number of nitrogens with zero attached hydrogens (tertiary/aromatic N) is 3. The van der Waals surface area contributed by atoms with Crippen molar-refractivity contribution in [2.45, 2.75) is 19.8 Å². The number of halogens is 1. The van der Waals surface area contributed by atoms with E-state index in [0.717, 1.165) is 0 Å². The van der Waals surface area contributed by atoms with Gasteiger partial charge in [-0.25, -0.2) is 4.98 Å². The third kappa shape index (κ3) is 1.18. The fourth-order valence-corrected chi connectivity index (χ4v) is 1.25. The largest absolute Gasteiger partial charge is 0.238 e. The highest BCUT2D eigenvalue weighted by atomic mass is 19.1. The summed E-state index contributed by atoms with van der Waals surface area (Å²) in [5, 5.41) is 3.86. The molecule has 0 saturated heterocycles. The lowest BCUT2D eigenvalue weighted by atomic mass is 10.1. The van der Waals surface area contributed by atoms with Gasteiger partial charge >= 0.3 is 0 Å². The third-order valence-electron chi connectivity index (χ3n) is 1.91. The van der Waals surface area contributed by atoms with Crippen molar-refractivity contribution < 1.29 is 4.39 Å². The summed E-state index contributed by atoms with van der Waals surface area (Å²) < 4.78 is 14.7. The highest BCUT2D eigenvalue weighted by molar-refractivity contribution is 5.38. The number of hydrogen-bond acceptors (Lipinski definition) is 2. The number of rotatable bonds is 1. The van der Waals surface area contributed by atoms with E-state index in [4.69, 9.17) is 0 Å². The molecule has 4 heteroatoms. The van der Waals surface area contributed by atoms with Crippen LogP contribution < -0.4 is 0 Å². The van der Waals surface area contributed by atoms with Crippen LogP contribution in [0.4, 0.5) is 4.39 Å². The van der Waals surface area contributed by atoms with Gasteiger partial charge in [-0.05, 0) is 12.1 Å². The minimum absolute atomic E-state index is 0.0849. The van der Waals surface area contributed by atoms with Crippen LogP contribution in [0, 0.1) is 5.95 Å². The summed E-state index contributed by atoms with van der Waals surface area (Å²) in [4.78, 5) is 4.14. The molecule has 0 aliphatic carbocycles. The summed E-state index contributed by atoms with van der Waals surface area (Å²) in [7, 11) is 0. The first-order chi connectivity index (χ1) is 6.20. The Morgan fingerprint density at radius 3 is 2.85 bits per heavy atom. The number of imidazole rings is 1. The molecule has 2 aromatic heterocycles. The normalized spacial score (nSPS) is 11.4. The third-order valence-corrected chi connectivity index (χ3v) is 1.91. The predicted molar refractivity (Wildman–Crippen MR) is 47.0 cm³/mol. The Hall–Kier alpha value is -1.45. The maximum Gasteiger partial charge on any atom is 0.238 e. The second kappa shape index (κ2) is 2.80. The van der Waals surface area contributed by atoms with Crippen LogP contribution in [-0.2, 0) is 0 Å². The second-order valence-electron chi connectivity index (χ2n) is 3.24. The lowest BCUT2D eigenvalue weighted by Gasteiger charge is -1.96. The molecule has 0 amide bonds. The van der Waals surface area contributed by atoms with Crippen molar-refractivity contribution in [3.8, 4) is 0 Å². The van der Waals surface area contributed by atoms with E-state index in [1.807, 2.05) is 13.8 Å². The smallest absolute Gasteiger partial charge is 0.229 e. The van der Waals surface area contributed by atoms with Crippen LogP contribution in [0.1, 0.15) is 25.5 Å².